The van der Waals surface area contributed by atoms with E-state index >= 15 is 0 Å². The molecule has 1 atom stereocenters. The zero-order chi connectivity index (χ0) is 15.7. The number of anilines is 1. The molecule has 112 valence electrons. The molecule has 2 aromatic rings. The van der Waals surface area contributed by atoms with Crippen molar-refractivity contribution >= 4 is 17.4 Å². The van der Waals surface area contributed by atoms with E-state index < -0.39 is 0 Å². The second-order valence-corrected chi connectivity index (χ2v) is 5.79. The Morgan fingerprint density at radius 2 is 2.05 bits per heavy atom. The third-order valence-corrected chi connectivity index (χ3v) is 3.73. The van der Waals surface area contributed by atoms with Crippen molar-refractivity contribution < 1.29 is 9.59 Å². The van der Waals surface area contributed by atoms with Crippen LogP contribution in [0.4, 0.5) is 5.69 Å². The topological polar surface area (TPSA) is 72.0 Å². The summed E-state index contributed by atoms with van der Waals surface area (Å²) in [5.74, 6) is 0.323. The van der Waals surface area contributed by atoms with Crippen LogP contribution in [0.2, 0.25) is 0 Å². The van der Waals surface area contributed by atoms with Gasteiger partial charge < -0.3 is 5.32 Å². The summed E-state index contributed by atoms with van der Waals surface area (Å²) in [5, 5.41) is 11.2. The first-order valence-corrected chi connectivity index (χ1v) is 7.31. The third kappa shape index (κ3) is 2.88. The average molecular weight is 295 g/mol. The van der Waals surface area contributed by atoms with Gasteiger partial charge in [0.25, 0.3) is 0 Å². The first kappa shape index (κ1) is 14.4. The molecule has 3 rings (SSSR count). The lowest BCUT2D eigenvalue weighted by Gasteiger charge is -2.19. The van der Waals surface area contributed by atoms with Crippen LogP contribution in [0, 0.1) is 5.92 Å². The van der Waals surface area contributed by atoms with Gasteiger partial charge in [0.2, 0.25) is 5.91 Å². The standard InChI is InChI=1S/C17H17N3O2/c1-10-6-16-14(17(22)7-10)9-15(19-20-16)12-4-3-5-13(8-12)18-11(2)21/h3-5,8-10H,6-7H2,1-2H3,(H,18,21). The number of rotatable bonds is 2. The maximum absolute atomic E-state index is 12.2. The van der Waals surface area contributed by atoms with Crippen LogP contribution in [-0.2, 0) is 11.2 Å². The molecule has 5 nitrogen and oxygen atoms in total. The smallest absolute Gasteiger partial charge is 0.221 e. The molecule has 1 unspecified atom stereocenters. The van der Waals surface area contributed by atoms with Gasteiger partial charge in [-0.05, 0) is 30.5 Å². The van der Waals surface area contributed by atoms with Gasteiger partial charge in [0.15, 0.2) is 5.78 Å². The number of nitrogens with zero attached hydrogens (tertiary/aromatic N) is 2. The Hall–Kier alpha value is -2.56. The Kier molecular flexibility index (Phi) is 3.71. The molecule has 22 heavy (non-hydrogen) atoms. The molecular formula is C17H17N3O2. The van der Waals surface area contributed by atoms with E-state index in [0.717, 1.165) is 17.7 Å². The number of carbonyl (C=O) groups excluding carboxylic acids is 2. The van der Waals surface area contributed by atoms with E-state index in [9.17, 15) is 9.59 Å². The van der Waals surface area contributed by atoms with Gasteiger partial charge in [-0.3, -0.25) is 9.59 Å². The number of Topliss-reactive ketones (excluding diaryl/α,β-unsaturated/α-hetero) is 1. The van der Waals surface area contributed by atoms with Crippen LogP contribution in [0.15, 0.2) is 30.3 Å². The van der Waals surface area contributed by atoms with Crippen molar-refractivity contribution in [1.82, 2.24) is 10.2 Å². The zero-order valence-corrected chi connectivity index (χ0v) is 12.6. The Bertz CT molecular complexity index is 755. The van der Waals surface area contributed by atoms with Crippen LogP contribution in [0.5, 0.6) is 0 Å². The monoisotopic (exact) mass is 295 g/mol. The minimum atomic E-state index is -0.127. The molecule has 1 heterocycles. The molecule has 1 amide bonds. The van der Waals surface area contributed by atoms with Crippen molar-refractivity contribution in [2.24, 2.45) is 5.92 Å². The van der Waals surface area contributed by atoms with Crippen molar-refractivity contribution in [3.63, 3.8) is 0 Å². The molecule has 0 aliphatic heterocycles. The minimum absolute atomic E-state index is 0.127. The lowest BCUT2D eigenvalue weighted by Crippen LogP contribution is -2.20. The van der Waals surface area contributed by atoms with Gasteiger partial charge in [0, 0.05) is 30.2 Å². The second-order valence-electron chi connectivity index (χ2n) is 5.79. The summed E-state index contributed by atoms with van der Waals surface area (Å²) in [5.41, 5.74) is 3.63. The fourth-order valence-corrected chi connectivity index (χ4v) is 2.74. The largest absolute Gasteiger partial charge is 0.326 e. The molecule has 0 fully saturated rings. The highest BCUT2D eigenvalue weighted by atomic mass is 16.1. The fraction of sp³-hybridized carbons (Fsp3) is 0.294. The SMILES string of the molecule is CC(=O)Nc1cccc(-c2cc3c(nn2)CC(C)CC3=O)c1. The summed E-state index contributed by atoms with van der Waals surface area (Å²) in [7, 11) is 0. The highest BCUT2D eigenvalue weighted by Gasteiger charge is 2.24. The summed E-state index contributed by atoms with van der Waals surface area (Å²) < 4.78 is 0. The van der Waals surface area contributed by atoms with Crippen LogP contribution in [0.1, 0.15) is 36.3 Å². The Labute approximate surface area is 128 Å². The molecule has 0 radical (unpaired) electrons. The van der Waals surface area contributed by atoms with E-state index in [1.807, 2.05) is 37.3 Å². The number of fused-ring (bicyclic) bond motifs is 1. The Morgan fingerprint density at radius 1 is 1.23 bits per heavy atom. The van der Waals surface area contributed by atoms with Crippen molar-refractivity contribution in [2.75, 3.05) is 5.32 Å². The number of nitrogens with one attached hydrogen (secondary N) is 1. The van der Waals surface area contributed by atoms with Crippen LogP contribution in [0.25, 0.3) is 11.3 Å². The normalized spacial score (nSPS) is 17.0. The molecule has 0 bridgehead atoms. The number of ketones is 1. The molecule has 1 aliphatic carbocycles. The molecule has 1 aliphatic rings. The average Bonchev–Trinajstić information content (AvgIpc) is 2.46. The first-order chi connectivity index (χ1) is 10.5. The molecule has 0 saturated heterocycles. The van der Waals surface area contributed by atoms with Gasteiger partial charge >= 0.3 is 0 Å². The number of hydrogen-bond acceptors (Lipinski definition) is 4. The second kappa shape index (κ2) is 5.67. The summed E-state index contributed by atoms with van der Waals surface area (Å²) in [6, 6.07) is 9.17. The number of amides is 1. The van der Waals surface area contributed by atoms with Crippen molar-refractivity contribution in [1.29, 1.82) is 0 Å². The molecule has 5 heteroatoms. The van der Waals surface area contributed by atoms with E-state index in [1.165, 1.54) is 6.92 Å². The van der Waals surface area contributed by atoms with E-state index in [-0.39, 0.29) is 11.7 Å². The van der Waals surface area contributed by atoms with E-state index in [1.54, 1.807) is 0 Å². The maximum Gasteiger partial charge on any atom is 0.221 e. The fourth-order valence-electron chi connectivity index (χ4n) is 2.74. The molecule has 1 aromatic heterocycles. The summed E-state index contributed by atoms with van der Waals surface area (Å²) >= 11 is 0. The van der Waals surface area contributed by atoms with Crippen LogP contribution in [0.3, 0.4) is 0 Å². The highest BCUT2D eigenvalue weighted by Crippen LogP contribution is 2.27. The number of benzene rings is 1. The predicted molar refractivity (Wildman–Crippen MR) is 83.6 cm³/mol. The molecule has 1 N–H and O–H groups in total. The molecule has 1 aromatic carbocycles. The van der Waals surface area contributed by atoms with Gasteiger partial charge in [0.1, 0.15) is 0 Å². The van der Waals surface area contributed by atoms with E-state index in [4.69, 9.17) is 0 Å². The lowest BCUT2D eigenvalue weighted by molar-refractivity contribution is -0.114. The van der Waals surface area contributed by atoms with E-state index in [2.05, 4.69) is 15.5 Å². The number of aromatic nitrogens is 2. The van der Waals surface area contributed by atoms with Crippen LogP contribution in [-0.4, -0.2) is 21.9 Å². The number of hydrogen-bond donors (Lipinski definition) is 1. The van der Waals surface area contributed by atoms with Crippen LogP contribution < -0.4 is 5.32 Å². The molecular weight excluding hydrogens is 278 g/mol. The zero-order valence-electron chi connectivity index (χ0n) is 12.6. The predicted octanol–water partition coefficient (Wildman–Crippen LogP) is 2.87. The minimum Gasteiger partial charge on any atom is -0.326 e. The van der Waals surface area contributed by atoms with Gasteiger partial charge in [-0.15, -0.1) is 0 Å². The summed E-state index contributed by atoms with van der Waals surface area (Å²) in [6.45, 7) is 3.51. The van der Waals surface area contributed by atoms with Crippen molar-refractivity contribution in [3.8, 4) is 11.3 Å². The van der Waals surface area contributed by atoms with Crippen molar-refractivity contribution in [3.05, 3.63) is 41.6 Å². The van der Waals surface area contributed by atoms with Crippen molar-refractivity contribution in [2.45, 2.75) is 26.7 Å². The van der Waals surface area contributed by atoms with Gasteiger partial charge in [-0.2, -0.15) is 10.2 Å². The molecule has 0 spiro atoms. The molecule has 0 saturated carbocycles. The number of carbonyl (C=O) groups is 2. The summed E-state index contributed by atoms with van der Waals surface area (Å²) in [4.78, 5) is 23.3. The Morgan fingerprint density at radius 3 is 2.82 bits per heavy atom. The van der Waals surface area contributed by atoms with Crippen LogP contribution >= 0.6 is 0 Å². The Balaban J connectivity index is 1.98. The highest BCUT2D eigenvalue weighted by molar-refractivity contribution is 5.99. The van der Waals surface area contributed by atoms with Gasteiger partial charge in [-0.1, -0.05) is 19.1 Å². The van der Waals surface area contributed by atoms with E-state index in [0.29, 0.717) is 29.3 Å². The van der Waals surface area contributed by atoms with Gasteiger partial charge in [-0.25, -0.2) is 0 Å². The van der Waals surface area contributed by atoms with Gasteiger partial charge in [0.05, 0.1) is 11.4 Å². The first-order valence-electron chi connectivity index (χ1n) is 7.31. The maximum atomic E-state index is 12.2. The summed E-state index contributed by atoms with van der Waals surface area (Å²) in [6.07, 6.45) is 1.35. The quantitative estimate of drug-likeness (QED) is 0.924. The lowest BCUT2D eigenvalue weighted by atomic mass is 9.87. The third-order valence-electron chi connectivity index (χ3n) is 3.73.